The van der Waals surface area contributed by atoms with Gasteiger partial charge in [0.2, 0.25) is 0 Å². The molecule has 2 bridgehead atoms. The van der Waals surface area contributed by atoms with Crippen LogP contribution in [-0.4, -0.2) is 11.2 Å². The molecule has 2 aliphatic carbocycles. The van der Waals surface area contributed by atoms with Gasteiger partial charge in [0.1, 0.15) is 0 Å². The minimum absolute atomic E-state index is 0.0394. The molecule has 0 spiro atoms. The van der Waals surface area contributed by atoms with Crippen LogP contribution in [0.15, 0.2) is 12.2 Å². The summed E-state index contributed by atoms with van der Waals surface area (Å²) in [5.41, 5.74) is 0.310. The van der Waals surface area contributed by atoms with E-state index < -0.39 is 0 Å². The second-order valence-electron chi connectivity index (χ2n) is 4.72. The normalized spacial score (nSPS) is 52.0. The summed E-state index contributed by atoms with van der Waals surface area (Å²) in [6, 6.07) is 0. The lowest BCUT2D eigenvalue weighted by Gasteiger charge is -2.35. The van der Waals surface area contributed by atoms with Gasteiger partial charge in [-0.05, 0) is 17.8 Å². The minimum atomic E-state index is -0.118. The van der Waals surface area contributed by atoms with Crippen LogP contribution in [0.2, 0.25) is 0 Å². The van der Waals surface area contributed by atoms with E-state index in [1.54, 1.807) is 0 Å². The van der Waals surface area contributed by atoms with Gasteiger partial charge in [0, 0.05) is 5.41 Å². The van der Waals surface area contributed by atoms with E-state index in [4.69, 9.17) is 0 Å². The van der Waals surface area contributed by atoms with Crippen molar-refractivity contribution in [3.63, 3.8) is 0 Å². The number of hydrogen-bond donors (Lipinski definition) is 1. The van der Waals surface area contributed by atoms with E-state index in [9.17, 15) is 5.11 Å². The van der Waals surface area contributed by atoms with Crippen molar-refractivity contribution in [3.05, 3.63) is 12.2 Å². The lowest BCUT2D eigenvalue weighted by atomic mass is 9.70. The molecule has 0 aromatic rings. The maximum Gasteiger partial charge on any atom is 0.0639 e. The molecule has 0 radical (unpaired) electrons. The molecule has 1 saturated carbocycles. The summed E-state index contributed by atoms with van der Waals surface area (Å²) in [6.07, 6.45) is 5.31. The standard InChI is InChI=1S/C10H16O/c1-9(2)7-4-5-10(9,3)8(11)6-7/h4-5,7-8,11H,6H2,1-3H3. The maximum absolute atomic E-state index is 9.76. The van der Waals surface area contributed by atoms with Crippen molar-refractivity contribution in [2.45, 2.75) is 33.3 Å². The second-order valence-corrected chi connectivity index (χ2v) is 4.72. The number of aliphatic hydroxyl groups is 1. The molecule has 11 heavy (non-hydrogen) atoms. The number of allylic oxidation sites excluding steroid dienone is 1. The fourth-order valence-electron chi connectivity index (χ4n) is 2.57. The summed E-state index contributed by atoms with van der Waals surface area (Å²) in [6.45, 7) is 6.68. The topological polar surface area (TPSA) is 20.2 Å². The van der Waals surface area contributed by atoms with Crippen molar-refractivity contribution in [1.82, 2.24) is 0 Å². The molecule has 3 atom stereocenters. The molecule has 0 aliphatic heterocycles. The molecule has 1 nitrogen and oxygen atoms in total. The molecule has 3 unspecified atom stereocenters. The third kappa shape index (κ3) is 0.610. The Morgan fingerprint density at radius 1 is 1.36 bits per heavy atom. The fourth-order valence-corrected chi connectivity index (χ4v) is 2.57. The Bertz CT molecular complexity index is 217. The van der Waals surface area contributed by atoms with Gasteiger partial charge in [0.25, 0.3) is 0 Å². The Morgan fingerprint density at radius 3 is 2.18 bits per heavy atom. The molecule has 1 heteroatoms. The number of fused-ring (bicyclic) bond motifs is 2. The third-order valence-electron chi connectivity index (χ3n) is 4.16. The third-order valence-corrected chi connectivity index (χ3v) is 4.16. The summed E-state index contributed by atoms with van der Waals surface area (Å²) in [4.78, 5) is 0. The highest BCUT2D eigenvalue weighted by Gasteiger charge is 2.58. The first-order valence-electron chi connectivity index (χ1n) is 4.36. The van der Waals surface area contributed by atoms with Crippen LogP contribution in [0, 0.1) is 16.7 Å². The van der Waals surface area contributed by atoms with E-state index in [1.807, 2.05) is 0 Å². The molecule has 62 valence electrons. The summed E-state index contributed by atoms with van der Waals surface area (Å²) in [7, 11) is 0. The maximum atomic E-state index is 9.76. The van der Waals surface area contributed by atoms with Gasteiger partial charge in [-0.3, -0.25) is 0 Å². The molecule has 0 saturated heterocycles. The van der Waals surface area contributed by atoms with E-state index in [1.165, 1.54) is 0 Å². The summed E-state index contributed by atoms with van der Waals surface area (Å²) in [5, 5.41) is 9.76. The number of hydrogen-bond acceptors (Lipinski definition) is 1. The molecule has 0 aromatic carbocycles. The Hall–Kier alpha value is -0.300. The van der Waals surface area contributed by atoms with Gasteiger partial charge in [-0.15, -0.1) is 0 Å². The molecule has 1 fully saturated rings. The summed E-state index contributed by atoms with van der Waals surface area (Å²) < 4.78 is 0. The Balaban J connectivity index is 2.47. The predicted molar refractivity (Wildman–Crippen MR) is 45.1 cm³/mol. The molecule has 2 rings (SSSR count). The average molecular weight is 152 g/mol. The van der Waals surface area contributed by atoms with Gasteiger partial charge in [0.15, 0.2) is 0 Å². The number of rotatable bonds is 0. The summed E-state index contributed by atoms with van der Waals surface area (Å²) >= 11 is 0. The van der Waals surface area contributed by atoms with Crippen molar-refractivity contribution in [2.24, 2.45) is 16.7 Å². The highest BCUT2D eigenvalue weighted by molar-refractivity contribution is 5.25. The molecule has 0 amide bonds. The van der Waals surface area contributed by atoms with Crippen LogP contribution >= 0.6 is 0 Å². The molecule has 0 heterocycles. The van der Waals surface area contributed by atoms with E-state index in [0.717, 1.165) is 6.42 Å². The van der Waals surface area contributed by atoms with E-state index in [2.05, 4.69) is 32.9 Å². The first-order chi connectivity index (χ1) is 4.98. The summed E-state index contributed by atoms with van der Waals surface area (Å²) in [5.74, 6) is 0.600. The van der Waals surface area contributed by atoms with Gasteiger partial charge in [-0.25, -0.2) is 0 Å². The van der Waals surface area contributed by atoms with E-state index in [-0.39, 0.29) is 16.9 Å². The zero-order valence-electron chi connectivity index (χ0n) is 7.46. The minimum Gasteiger partial charge on any atom is -0.392 e. The largest absolute Gasteiger partial charge is 0.392 e. The Labute approximate surface area is 68.1 Å². The van der Waals surface area contributed by atoms with Gasteiger partial charge in [-0.2, -0.15) is 0 Å². The van der Waals surface area contributed by atoms with Crippen LogP contribution in [0.25, 0.3) is 0 Å². The van der Waals surface area contributed by atoms with Crippen molar-refractivity contribution in [2.75, 3.05) is 0 Å². The SMILES string of the molecule is CC1(C)C2C=CC1(C)C(O)C2. The zero-order chi connectivity index (χ0) is 8.28. The van der Waals surface area contributed by atoms with Crippen LogP contribution in [0.1, 0.15) is 27.2 Å². The van der Waals surface area contributed by atoms with Gasteiger partial charge in [-0.1, -0.05) is 32.9 Å². The molecular weight excluding hydrogens is 136 g/mol. The average Bonchev–Trinajstić information content (AvgIpc) is 2.20. The van der Waals surface area contributed by atoms with Crippen LogP contribution in [-0.2, 0) is 0 Å². The van der Waals surface area contributed by atoms with Crippen molar-refractivity contribution < 1.29 is 5.11 Å². The predicted octanol–water partition coefficient (Wildman–Crippen LogP) is 1.97. The van der Waals surface area contributed by atoms with Gasteiger partial charge >= 0.3 is 0 Å². The fraction of sp³-hybridized carbons (Fsp3) is 0.800. The van der Waals surface area contributed by atoms with Crippen molar-refractivity contribution in [3.8, 4) is 0 Å². The zero-order valence-corrected chi connectivity index (χ0v) is 7.46. The smallest absolute Gasteiger partial charge is 0.0639 e. The first kappa shape index (κ1) is 7.35. The number of aliphatic hydroxyl groups excluding tert-OH is 1. The second kappa shape index (κ2) is 1.71. The lowest BCUT2D eigenvalue weighted by molar-refractivity contribution is 0.0482. The van der Waals surface area contributed by atoms with Crippen LogP contribution in [0.5, 0.6) is 0 Å². The molecule has 0 aromatic heterocycles. The lowest BCUT2D eigenvalue weighted by Crippen LogP contribution is -2.34. The molecule has 1 N–H and O–H groups in total. The molecular formula is C10H16O. The first-order valence-corrected chi connectivity index (χ1v) is 4.36. The van der Waals surface area contributed by atoms with Gasteiger partial charge < -0.3 is 5.11 Å². The van der Waals surface area contributed by atoms with Crippen molar-refractivity contribution in [1.29, 1.82) is 0 Å². The Kier molecular flexibility index (Phi) is 1.15. The monoisotopic (exact) mass is 152 g/mol. The highest BCUT2D eigenvalue weighted by atomic mass is 16.3. The van der Waals surface area contributed by atoms with Gasteiger partial charge in [0.05, 0.1) is 6.10 Å². The quantitative estimate of drug-likeness (QED) is 0.526. The highest BCUT2D eigenvalue weighted by Crippen LogP contribution is 2.61. The van der Waals surface area contributed by atoms with E-state index >= 15 is 0 Å². The van der Waals surface area contributed by atoms with Crippen LogP contribution in [0.3, 0.4) is 0 Å². The van der Waals surface area contributed by atoms with E-state index in [0.29, 0.717) is 5.92 Å². The van der Waals surface area contributed by atoms with Crippen molar-refractivity contribution >= 4 is 0 Å². The molecule has 2 aliphatic rings. The van der Waals surface area contributed by atoms with Crippen LogP contribution in [0.4, 0.5) is 0 Å². The Morgan fingerprint density at radius 2 is 2.00 bits per heavy atom. The van der Waals surface area contributed by atoms with Crippen LogP contribution < -0.4 is 0 Å².